The van der Waals surface area contributed by atoms with Crippen molar-refractivity contribution in [2.45, 2.75) is 98.3 Å². The number of nitrogens with zero attached hydrogens (tertiary/aromatic N) is 2. The number of fused-ring (bicyclic) bond motifs is 1. The number of aryl methyl sites for hydroxylation is 2. The highest BCUT2D eigenvalue weighted by Gasteiger charge is 2.35. The summed E-state index contributed by atoms with van der Waals surface area (Å²) >= 11 is 5.33. The Kier molecular flexibility index (Phi) is 6.81. The maximum absolute atomic E-state index is 4.83. The van der Waals surface area contributed by atoms with Crippen LogP contribution in [0.15, 0.2) is 18.2 Å². The lowest BCUT2D eigenvalue weighted by Gasteiger charge is -2.32. The Hall–Kier alpha value is -1.30. The molecule has 0 fully saturated rings. The normalized spacial score (nSPS) is 18.4. The third-order valence-electron chi connectivity index (χ3n) is 8.15. The molecule has 0 saturated heterocycles. The maximum atomic E-state index is 4.83. The van der Waals surface area contributed by atoms with Gasteiger partial charge in [0.25, 0.3) is 0 Å². The van der Waals surface area contributed by atoms with Gasteiger partial charge < -0.3 is 0 Å². The minimum Gasteiger partial charge on any atom is -0.177 e. The smallest absolute Gasteiger partial charge is 0.109 e. The molecule has 3 heterocycles. The Morgan fingerprint density at radius 3 is 2.30 bits per heavy atom. The average molecular weight is 499 g/mol. The molecule has 1 aliphatic rings. The molecule has 0 radical (unpaired) electrons. The number of allylic oxidation sites excluding steroid dienone is 1. The van der Waals surface area contributed by atoms with E-state index in [0.717, 1.165) is 25.0 Å². The van der Waals surface area contributed by atoms with Crippen LogP contribution in [0.1, 0.15) is 116 Å². The highest BCUT2D eigenvalue weighted by atomic mass is 32.1. The zero-order valence-electron chi connectivity index (χ0n) is 21.6. The van der Waals surface area contributed by atoms with Crippen LogP contribution >= 0.6 is 34.4 Å². The van der Waals surface area contributed by atoms with Gasteiger partial charge in [-0.05, 0) is 67.7 Å². The van der Waals surface area contributed by atoms with E-state index in [1.165, 1.54) is 53.6 Å². The number of thiophene rings is 2. The lowest BCUT2D eigenvalue weighted by atomic mass is 9.74. The first-order chi connectivity index (χ1) is 15.5. The Morgan fingerprint density at radius 2 is 1.67 bits per heavy atom. The van der Waals surface area contributed by atoms with Crippen LogP contribution < -0.4 is 0 Å². The van der Waals surface area contributed by atoms with Crippen LogP contribution in [-0.4, -0.2) is 8.75 Å². The van der Waals surface area contributed by atoms with Crippen LogP contribution in [0.25, 0.3) is 5.57 Å². The number of hydrogen-bond acceptors (Lipinski definition) is 5. The van der Waals surface area contributed by atoms with E-state index in [1.54, 1.807) is 0 Å². The van der Waals surface area contributed by atoms with Crippen LogP contribution in [-0.2, 0) is 10.8 Å². The topological polar surface area (TPSA) is 25.8 Å². The van der Waals surface area contributed by atoms with Crippen molar-refractivity contribution >= 4 is 40.0 Å². The molecule has 2 unspecified atom stereocenters. The summed E-state index contributed by atoms with van der Waals surface area (Å²) in [5.41, 5.74) is 6.85. The first kappa shape index (κ1) is 24.8. The molecule has 4 rings (SSSR count). The van der Waals surface area contributed by atoms with Crippen molar-refractivity contribution in [1.82, 2.24) is 8.75 Å². The lowest BCUT2D eigenvalue weighted by molar-refractivity contribution is 0.331. The standard InChI is InChI=1S/C28H38N2S3/c1-10-27(7,8)25-17(5)14-21(31-25)19-12-13-20(24-23(19)29-33-30-24)22-15-18(6)26(32-22)28(9,11-2)16(3)4/h13-16,19H,10-12H2,1-9H3. The van der Waals surface area contributed by atoms with Gasteiger partial charge in [-0.2, -0.15) is 8.75 Å². The van der Waals surface area contributed by atoms with Crippen molar-refractivity contribution < 1.29 is 0 Å². The van der Waals surface area contributed by atoms with Crippen molar-refractivity contribution in [3.63, 3.8) is 0 Å². The zero-order chi connectivity index (χ0) is 24.1. The number of hydrogen-bond donors (Lipinski definition) is 0. The lowest BCUT2D eigenvalue weighted by Crippen LogP contribution is -2.27. The van der Waals surface area contributed by atoms with Crippen molar-refractivity contribution in [1.29, 1.82) is 0 Å². The summed E-state index contributed by atoms with van der Waals surface area (Å²) in [6.45, 7) is 21.0. The van der Waals surface area contributed by atoms with Crippen LogP contribution in [0.3, 0.4) is 0 Å². The van der Waals surface area contributed by atoms with E-state index in [1.807, 2.05) is 22.7 Å². The molecule has 0 amide bonds. The van der Waals surface area contributed by atoms with Crippen LogP contribution in [0, 0.1) is 19.8 Å². The Morgan fingerprint density at radius 1 is 0.970 bits per heavy atom. The van der Waals surface area contributed by atoms with Crippen molar-refractivity contribution in [3.8, 4) is 0 Å². The number of rotatable bonds is 7. The van der Waals surface area contributed by atoms with Gasteiger partial charge in [0.1, 0.15) is 5.69 Å². The van der Waals surface area contributed by atoms with E-state index in [9.17, 15) is 0 Å². The molecule has 3 aromatic heterocycles. The Balaban J connectivity index is 1.72. The summed E-state index contributed by atoms with van der Waals surface area (Å²) in [6, 6.07) is 4.80. The molecule has 2 nitrogen and oxygen atoms in total. The largest absolute Gasteiger partial charge is 0.177 e. The summed E-state index contributed by atoms with van der Waals surface area (Å²) in [7, 11) is 0. The average Bonchev–Trinajstić information content (AvgIpc) is 3.51. The molecule has 0 aliphatic heterocycles. The van der Waals surface area contributed by atoms with Crippen molar-refractivity contribution in [2.24, 2.45) is 5.92 Å². The minimum absolute atomic E-state index is 0.213. The summed E-state index contributed by atoms with van der Waals surface area (Å²) < 4.78 is 9.65. The molecule has 0 spiro atoms. The second-order valence-corrected chi connectivity index (χ2v) is 13.5. The molecule has 2 atom stereocenters. The summed E-state index contributed by atoms with van der Waals surface area (Å²) in [5, 5.41) is 0. The Labute approximate surface area is 212 Å². The minimum atomic E-state index is 0.213. The third-order valence-corrected chi connectivity index (χ3v) is 12.0. The molecule has 3 aromatic rings. The molecule has 0 saturated carbocycles. The third kappa shape index (κ3) is 4.19. The van der Waals surface area contributed by atoms with Gasteiger partial charge in [-0.25, -0.2) is 0 Å². The van der Waals surface area contributed by atoms with Gasteiger partial charge >= 0.3 is 0 Å². The molecule has 0 aromatic carbocycles. The van der Waals surface area contributed by atoms with Gasteiger partial charge in [0.05, 0.1) is 17.4 Å². The second kappa shape index (κ2) is 9.05. The van der Waals surface area contributed by atoms with E-state index in [4.69, 9.17) is 8.75 Å². The fraction of sp³-hybridized carbons (Fsp3) is 0.571. The first-order valence-electron chi connectivity index (χ1n) is 12.3. The molecule has 5 heteroatoms. The van der Waals surface area contributed by atoms with Gasteiger partial charge in [-0.3, -0.25) is 0 Å². The van der Waals surface area contributed by atoms with Crippen LogP contribution in [0.4, 0.5) is 0 Å². The quantitative estimate of drug-likeness (QED) is 0.324. The van der Waals surface area contributed by atoms with Gasteiger partial charge in [0.15, 0.2) is 0 Å². The molecule has 178 valence electrons. The van der Waals surface area contributed by atoms with E-state index in [2.05, 4.69) is 80.5 Å². The van der Waals surface area contributed by atoms with Crippen molar-refractivity contribution in [3.05, 3.63) is 60.2 Å². The zero-order valence-corrected chi connectivity index (χ0v) is 24.1. The molecule has 0 N–H and O–H groups in total. The van der Waals surface area contributed by atoms with E-state index in [0.29, 0.717) is 11.8 Å². The van der Waals surface area contributed by atoms with E-state index >= 15 is 0 Å². The molecule has 33 heavy (non-hydrogen) atoms. The number of aromatic nitrogens is 2. The summed E-state index contributed by atoms with van der Waals surface area (Å²) in [5.74, 6) is 0.933. The van der Waals surface area contributed by atoms with Gasteiger partial charge in [-0.15, -0.1) is 22.7 Å². The first-order valence-corrected chi connectivity index (χ1v) is 14.6. The van der Waals surface area contributed by atoms with Gasteiger partial charge in [0, 0.05) is 36.4 Å². The molecule has 1 aliphatic carbocycles. The fourth-order valence-electron chi connectivity index (χ4n) is 5.05. The molecular formula is C28H38N2S3. The van der Waals surface area contributed by atoms with Gasteiger partial charge in [0.2, 0.25) is 0 Å². The summed E-state index contributed by atoms with van der Waals surface area (Å²) in [4.78, 5) is 5.84. The second-order valence-electron chi connectivity index (χ2n) is 10.9. The van der Waals surface area contributed by atoms with Crippen molar-refractivity contribution in [2.75, 3.05) is 0 Å². The highest BCUT2D eigenvalue weighted by molar-refractivity contribution is 7.13. The molecular weight excluding hydrogens is 461 g/mol. The summed E-state index contributed by atoms with van der Waals surface area (Å²) in [6.07, 6.45) is 5.74. The van der Waals surface area contributed by atoms with Crippen LogP contribution in [0.2, 0.25) is 0 Å². The molecule has 0 bridgehead atoms. The van der Waals surface area contributed by atoms with Gasteiger partial charge in [-0.1, -0.05) is 54.5 Å². The fourth-order valence-corrected chi connectivity index (χ4v) is 8.70. The SMILES string of the molecule is CCC(C)(C)c1sc(C2CC=C(c3cc(C)c(C(C)(CC)C(C)C)s3)c3nsnc32)cc1C. The van der Waals surface area contributed by atoms with Crippen LogP contribution in [0.5, 0.6) is 0 Å². The predicted octanol–water partition coefficient (Wildman–Crippen LogP) is 9.26. The van der Waals surface area contributed by atoms with E-state index in [-0.39, 0.29) is 10.8 Å². The Bertz CT molecular complexity index is 1170. The maximum Gasteiger partial charge on any atom is 0.109 e. The monoisotopic (exact) mass is 498 g/mol. The predicted molar refractivity (Wildman–Crippen MR) is 147 cm³/mol. The van der Waals surface area contributed by atoms with E-state index < -0.39 is 0 Å². The highest BCUT2D eigenvalue weighted by Crippen LogP contribution is 2.48.